The van der Waals surface area contributed by atoms with Gasteiger partial charge in [-0.2, -0.15) is 0 Å². The van der Waals surface area contributed by atoms with Gasteiger partial charge in [-0.05, 0) is 6.92 Å². The molecule has 0 aliphatic carbocycles. The Morgan fingerprint density at radius 2 is 2.35 bits per heavy atom. The number of thiazole rings is 1. The van der Waals surface area contributed by atoms with Gasteiger partial charge < -0.3 is 20.9 Å². The van der Waals surface area contributed by atoms with Crippen molar-refractivity contribution in [3.05, 3.63) is 16.7 Å². The zero-order valence-electron chi connectivity index (χ0n) is 9.27. The number of aromatic nitrogens is 2. The van der Waals surface area contributed by atoms with E-state index in [4.69, 9.17) is 10.3 Å². The number of nitrogens with two attached hydrogens (primary N) is 1. The number of carbonyl (C=O) groups is 1. The van der Waals surface area contributed by atoms with Crippen molar-refractivity contribution in [3.63, 3.8) is 0 Å². The Bertz CT molecular complexity index is 547. The third-order valence-electron chi connectivity index (χ3n) is 1.94. The molecule has 0 fully saturated rings. The van der Waals surface area contributed by atoms with Gasteiger partial charge in [-0.3, -0.25) is 4.79 Å². The molecule has 17 heavy (non-hydrogen) atoms. The van der Waals surface area contributed by atoms with Gasteiger partial charge in [0.25, 0.3) is 5.91 Å². The number of amides is 1. The normalized spacial score (nSPS) is 10.2. The fraction of sp³-hybridized carbons (Fsp3) is 0.222. The molecule has 2 aromatic rings. The summed E-state index contributed by atoms with van der Waals surface area (Å²) in [6, 6.07) is 1.62. The molecule has 0 spiro atoms. The summed E-state index contributed by atoms with van der Waals surface area (Å²) in [6.45, 7) is 1.74. The van der Waals surface area contributed by atoms with E-state index in [9.17, 15) is 4.79 Å². The monoisotopic (exact) mass is 253 g/mol. The van der Waals surface area contributed by atoms with E-state index in [1.165, 1.54) is 11.3 Å². The van der Waals surface area contributed by atoms with Gasteiger partial charge in [0.1, 0.15) is 16.5 Å². The molecule has 2 aromatic heterocycles. The number of hydrogen-bond donors (Lipinski definition) is 3. The summed E-state index contributed by atoms with van der Waals surface area (Å²) < 4.78 is 4.84. The molecule has 0 aromatic carbocycles. The van der Waals surface area contributed by atoms with Crippen LogP contribution in [0.25, 0.3) is 0 Å². The maximum Gasteiger partial charge on any atom is 0.270 e. The Morgan fingerprint density at radius 3 is 2.88 bits per heavy atom. The Labute approximate surface area is 101 Å². The van der Waals surface area contributed by atoms with E-state index in [-0.39, 0.29) is 11.7 Å². The number of aryl methyl sites for hydroxylation is 1. The highest BCUT2D eigenvalue weighted by Gasteiger charge is 2.16. The molecule has 1 amide bonds. The van der Waals surface area contributed by atoms with E-state index in [2.05, 4.69) is 20.8 Å². The Hall–Kier alpha value is -2.09. The third kappa shape index (κ3) is 2.36. The van der Waals surface area contributed by atoms with Gasteiger partial charge in [-0.25, -0.2) is 4.98 Å². The smallest absolute Gasteiger partial charge is 0.270 e. The summed E-state index contributed by atoms with van der Waals surface area (Å²) in [5, 5.41) is 9.65. The molecule has 0 unspecified atom stereocenters. The van der Waals surface area contributed by atoms with Gasteiger partial charge in [0.05, 0.1) is 0 Å². The zero-order valence-corrected chi connectivity index (χ0v) is 10.1. The van der Waals surface area contributed by atoms with Crippen LogP contribution in [0.4, 0.5) is 16.8 Å². The van der Waals surface area contributed by atoms with Crippen molar-refractivity contribution in [2.75, 3.05) is 23.4 Å². The Kier molecular flexibility index (Phi) is 2.96. The molecule has 0 saturated heterocycles. The quantitative estimate of drug-likeness (QED) is 0.761. The van der Waals surface area contributed by atoms with Crippen molar-refractivity contribution in [2.24, 2.45) is 0 Å². The average Bonchev–Trinajstić information content (AvgIpc) is 2.85. The predicted octanol–water partition coefficient (Wildman–Crippen LogP) is 1.32. The Balaban J connectivity index is 2.16. The number of hydrogen-bond acceptors (Lipinski definition) is 7. The number of nitrogens with one attached hydrogen (secondary N) is 2. The first-order chi connectivity index (χ1) is 8.10. The van der Waals surface area contributed by atoms with Crippen molar-refractivity contribution in [2.45, 2.75) is 6.92 Å². The SMILES string of the molecule is CNc1nc(N)c(C(=O)Nc2cc(C)on2)s1. The number of nitrogens with zero attached hydrogens (tertiary/aromatic N) is 2. The lowest BCUT2D eigenvalue weighted by atomic mass is 10.4. The predicted molar refractivity (Wildman–Crippen MR) is 65.3 cm³/mol. The van der Waals surface area contributed by atoms with Gasteiger partial charge >= 0.3 is 0 Å². The minimum absolute atomic E-state index is 0.192. The molecule has 0 aliphatic rings. The lowest BCUT2D eigenvalue weighted by Gasteiger charge is -1.97. The van der Waals surface area contributed by atoms with Crippen LogP contribution in [0.5, 0.6) is 0 Å². The van der Waals surface area contributed by atoms with Crippen molar-refractivity contribution < 1.29 is 9.32 Å². The summed E-state index contributed by atoms with van der Waals surface area (Å²) in [7, 11) is 1.71. The third-order valence-corrected chi connectivity index (χ3v) is 3.03. The first-order valence-corrected chi connectivity index (χ1v) is 5.60. The maximum atomic E-state index is 11.8. The second kappa shape index (κ2) is 4.42. The van der Waals surface area contributed by atoms with Gasteiger partial charge in [-0.15, -0.1) is 0 Å². The number of rotatable bonds is 3. The highest BCUT2D eigenvalue weighted by molar-refractivity contribution is 7.18. The summed E-state index contributed by atoms with van der Waals surface area (Å²) in [6.07, 6.45) is 0. The average molecular weight is 253 g/mol. The molecule has 4 N–H and O–H groups in total. The molecule has 90 valence electrons. The van der Waals surface area contributed by atoms with Crippen LogP contribution in [0.2, 0.25) is 0 Å². The molecule has 2 heterocycles. The molecule has 0 aliphatic heterocycles. The number of nitrogen functional groups attached to an aromatic ring is 1. The number of carbonyl (C=O) groups excluding carboxylic acids is 1. The fourth-order valence-corrected chi connectivity index (χ4v) is 1.93. The van der Waals surface area contributed by atoms with Crippen LogP contribution < -0.4 is 16.4 Å². The van der Waals surface area contributed by atoms with E-state index < -0.39 is 0 Å². The summed E-state index contributed by atoms with van der Waals surface area (Å²) in [5.74, 6) is 0.812. The van der Waals surface area contributed by atoms with Crippen LogP contribution in [0.15, 0.2) is 10.6 Å². The largest absolute Gasteiger partial charge is 0.382 e. The second-order valence-electron chi connectivity index (χ2n) is 3.26. The Morgan fingerprint density at radius 1 is 1.59 bits per heavy atom. The van der Waals surface area contributed by atoms with E-state index >= 15 is 0 Å². The first-order valence-electron chi connectivity index (χ1n) is 4.79. The molecule has 0 radical (unpaired) electrons. The molecule has 0 bridgehead atoms. The van der Waals surface area contributed by atoms with E-state index in [1.807, 2.05) is 0 Å². The van der Waals surface area contributed by atoms with Gasteiger partial charge in [0.15, 0.2) is 10.9 Å². The molecule has 7 nitrogen and oxygen atoms in total. The van der Waals surface area contributed by atoms with Crippen LogP contribution in [-0.4, -0.2) is 23.1 Å². The lowest BCUT2D eigenvalue weighted by Crippen LogP contribution is -2.12. The van der Waals surface area contributed by atoms with Crippen LogP contribution in [0.1, 0.15) is 15.4 Å². The summed E-state index contributed by atoms with van der Waals surface area (Å²) in [5.41, 5.74) is 5.63. The van der Waals surface area contributed by atoms with Gasteiger partial charge in [0, 0.05) is 13.1 Å². The van der Waals surface area contributed by atoms with Crippen molar-refractivity contribution >= 4 is 34.0 Å². The van der Waals surface area contributed by atoms with E-state index in [1.54, 1.807) is 20.0 Å². The van der Waals surface area contributed by atoms with Gasteiger partial charge in [0.2, 0.25) is 0 Å². The molecule has 0 saturated carbocycles. The molecule has 0 atom stereocenters. The molecule has 8 heteroatoms. The summed E-state index contributed by atoms with van der Waals surface area (Å²) >= 11 is 1.18. The molecular formula is C9H11N5O2S. The topological polar surface area (TPSA) is 106 Å². The van der Waals surface area contributed by atoms with Crippen LogP contribution in [0.3, 0.4) is 0 Å². The van der Waals surface area contributed by atoms with Crippen LogP contribution in [0, 0.1) is 6.92 Å². The second-order valence-corrected chi connectivity index (χ2v) is 4.26. The van der Waals surface area contributed by atoms with Crippen molar-refractivity contribution in [1.82, 2.24) is 10.1 Å². The molecule has 2 rings (SSSR count). The zero-order chi connectivity index (χ0) is 12.4. The maximum absolute atomic E-state index is 11.8. The lowest BCUT2D eigenvalue weighted by molar-refractivity contribution is 0.103. The highest BCUT2D eigenvalue weighted by atomic mass is 32.1. The number of anilines is 3. The standard InChI is InChI=1S/C9H11N5O2S/c1-4-3-5(14-16-4)12-8(15)6-7(10)13-9(11-2)17-6/h3H,10H2,1-2H3,(H,11,13)(H,12,14,15). The van der Waals surface area contributed by atoms with Gasteiger partial charge in [-0.1, -0.05) is 16.5 Å². The van der Waals surface area contributed by atoms with E-state index in [0.29, 0.717) is 21.6 Å². The van der Waals surface area contributed by atoms with Crippen molar-refractivity contribution in [1.29, 1.82) is 0 Å². The van der Waals surface area contributed by atoms with Crippen LogP contribution in [-0.2, 0) is 0 Å². The highest BCUT2D eigenvalue weighted by Crippen LogP contribution is 2.25. The minimum atomic E-state index is -0.352. The molecular weight excluding hydrogens is 242 g/mol. The summed E-state index contributed by atoms with van der Waals surface area (Å²) in [4.78, 5) is 16.2. The fourth-order valence-electron chi connectivity index (χ4n) is 1.20. The van der Waals surface area contributed by atoms with Crippen LogP contribution >= 0.6 is 11.3 Å². The van der Waals surface area contributed by atoms with E-state index in [0.717, 1.165) is 0 Å². The van der Waals surface area contributed by atoms with Crippen molar-refractivity contribution in [3.8, 4) is 0 Å². The first kappa shape index (κ1) is 11.4. The minimum Gasteiger partial charge on any atom is -0.382 e.